The predicted octanol–water partition coefficient (Wildman–Crippen LogP) is 3.79. The highest BCUT2D eigenvalue weighted by molar-refractivity contribution is 6.31. The van der Waals surface area contributed by atoms with Gasteiger partial charge in [0.15, 0.2) is 0 Å². The molecule has 0 atom stereocenters. The van der Waals surface area contributed by atoms with Crippen molar-refractivity contribution in [2.24, 2.45) is 0 Å². The van der Waals surface area contributed by atoms with Crippen molar-refractivity contribution in [3.8, 4) is 11.6 Å². The van der Waals surface area contributed by atoms with E-state index in [0.717, 1.165) is 11.1 Å². The number of nitrogens with one attached hydrogen (secondary N) is 1. The fraction of sp³-hybridized carbons (Fsp3) is 0.0526. The van der Waals surface area contributed by atoms with Crippen LogP contribution in [-0.2, 0) is 6.61 Å². The van der Waals surface area contributed by atoms with Crippen molar-refractivity contribution < 1.29 is 14.8 Å². The number of aromatic amines is 1. The van der Waals surface area contributed by atoms with Crippen LogP contribution in [-0.4, -0.2) is 20.0 Å². The van der Waals surface area contributed by atoms with Crippen LogP contribution < -0.4 is 10.3 Å². The Morgan fingerprint density at radius 3 is 2.71 bits per heavy atom. The Labute approximate surface area is 163 Å². The number of aromatic nitrogens is 2. The summed E-state index contributed by atoms with van der Waals surface area (Å²) in [6.45, 7) is 0.304. The number of H-pyrrole nitrogens is 1. The molecule has 0 spiro atoms. The first-order valence-electron chi connectivity index (χ1n) is 8.06. The first-order chi connectivity index (χ1) is 13.4. The average molecular weight is 400 g/mol. The molecule has 142 valence electrons. The molecule has 8 nitrogen and oxygen atoms in total. The SMILES string of the molecule is O=c1[nH]c(/C=C\c2cccc(OCc3ccccc3Cl)c2)nc(O)c1[N+](=O)[O-]. The van der Waals surface area contributed by atoms with Gasteiger partial charge < -0.3 is 14.8 Å². The molecule has 3 aromatic rings. The second-order valence-electron chi connectivity index (χ2n) is 5.67. The van der Waals surface area contributed by atoms with Gasteiger partial charge in [-0.3, -0.25) is 14.9 Å². The lowest BCUT2D eigenvalue weighted by atomic mass is 10.2. The van der Waals surface area contributed by atoms with E-state index in [-0.39, 0.29) is 5.82 Å². The predicted molar refractivity (Wildman–Crippen MR) is 104 cm³/mol. The monoisotopic (exact) mass is 399 g/mol. The van der Waals surface area contributed by atoms with E-state index in [1.165, 1.54) is 6.08 Å². The number of hydrogen-bond acceptors (Lipinski definition) is 6. The van der Waals surface area contributed by atoms with Crippen LogP contribution in [0.3, 0.4) is 0 Å². The van der Waals surface area contributed by atoms with Gasteiger partial charge in [0, 0.05) is 10.6 Å². The standard InChI is InChI=1S/C19H14ClN3O5/c20-15-7-2-1-5-13(15)11-28-14-6-3-4-12(10-14)8-9-16-21-18(24)17(23(26)27)19(25)22-16/h1-10H,11H2,(H2,21,22,24,25)/b9-8-. The maximum atomic E-state index is 11.7. The number of nitrogens with zero attached hydrogens (tertiary/aromatic N) is 2. The first kappa shape index (κ1) is 19.1. The molecule has 1 heterocycles. The summed E-state index contributed by atoms with van der Waals surface area (Å²) in [6, 6.07) is 14.5. The number of aromatic hydroxyl groups is 1. The molecule has 28 heavy (non-hydrogen) atoms. The number of ether oxygens (including phenoxy) is 1. The van der Waals surface area contributed by atoms with Crippen molar-refractivity contribution in [3.05, 3.63) is 91.0 Å². The highest BCUT2D eigenvalue weighted by Crippen LogP contribution is 2.21. The molecule has 0 saturated heterocycles. The van der Waals surface area contributed by atoms with Crippen molar-refractivity contribution in [2.75, 3.05) is 0 Å². The Balaban J connectivity index is 1.75. The number of hydrogen-bond donors (Lipinski definition) is 2. The molecule has 0 aliphatic carbocycles. The van der Waals surface area contributed by atoms with Crippen LogP contribution in [0.2, 0.25) is 5.02 Å². The summed E-state index contributed by atoms with van der Waals surface area (Å²) in [5, 5.41) is 20.9. The average Bonchev–Trinajstić information content (AvgIpc) is 2.65. The Morgan fingerprint density at radius 2 is 2.00 bits per heavy atom. The Kier molecular flexibility index (Phi) is 5.71. The Hall–Kier alpha value is -3.65. The van der Waals surface area contributed by atoms with Crippen LogP contribution >= 0.6 is 11.6 Å². The van der Waals surface area contributed by atoms with Gasteiger partial charge in [-0.25, -0.2) is 0 Å². The third-order valence-corrected chi connectivity index (χ3v) is 4.09. The molecule has 0 radical (unpaired) electrons. The van der Waals surface area contributed by atoms with Crippen molar-refractivity contribution in [1.82, 2.24) is 9.97 Å². The normalized spacial score (nSPS) is 10.9. The highest BCUT2D eigenvalue weighted by atomic mass is 35.5. The van der Waals surface area contributed by atoms with Gasteiger partial charge in [0.25, 0.3) is 5.88 Å². The van der Waals surface area contributed by atoms with Crippen LogP contribution in [0.4, 0.5) is 5.69 Å². The first-order valence-corrected chi connectivity index (χ1v) is 8.44. The second-order valence-corrected chi connectivity index (χ2v) is 6.07. The van der Waals surface area contributed by atoms with E-state index >= 15 is 0 Å². The van der Waals surface area contributed by atoms with E-state index in [1.54, 1.807) is 36.4 Å². The summed E-state index contributed by atoms with van der Waals surface area (Å²) in [7, 11) is 0. The van der Waals surface area contributed by atoms with Crippen molar-refractivity contribution in [3.63, 3.8) is 0 Å². The molecule has 1 aromatic heterocycles. The van der Waals surface area contributed by atoms with Gasteiger partial charge in [-0.2, -0.15) is 4.98 Å². The molecule has 0 bridgehead atoms. The fourth-order valence-corrected chi connectivity index (χ4v) is 2.57. The van der Waals surface area contributed by atoms with E-state index in [1.807, 2.05) is 18.2 Å². The molecule has 0 aliphatic rings. The summed E-state index contributed by atoms with van der Waals surface area (Å²) in [5.74, 6) is -0.351. The quantitative estimate of drug-likeness (QED) is 0.481. The Morgan fingerprint density at radius 1 is 1.21 bits per heavy atom. The summed E-state index contributed by atoms with van der Waals surface area (Å²) in [4.78, 5) is 27.2. The maximum absolute atomic E-state index is 11.7. The van der Waals surface area contributed by atoms with E-state index < -0.39 is 22.0 Å². The van der Waals surface area contributed by atoms with Gasteiger partial charge in [-0.05, 0) is 29.8 Å². The zero-order valence-corrected chi connectivity index (χ0v) is 15.1. The Bertz CT molecular complexity index is 1110. The molecule has 0 amide bonds. The van der Waals surface area contributed by atoms with Gasteiger partial charge in [0.1, 0.15) is 18.2 Å². The molecule has 0 unspecified atom stereocenters. The second kappa shape index (κ2) is 8.36. The fourth-order valence-electron chi connectivity index (χ4n) is 2.38. The molecule has 0 aliphatic heterocycles. The number of rotatable bonds is 6. The number of benzene rings is 2. The van der Waals surface area contributed by atoms with E-state index in [9.17, 15) is 20.0 Å². The molecule has 2 N–H and O–H groups in total. The highest BCUT2D eigenvalue weighted by Gasteiger charge is 2.21. The van der Waals surface area contributed by atoms with Gasteiger partial charge in [0.2, 0.25) is 0 Å². The molecule has 3 rings (SSSR count). The van der Waals surface area contributed by atoms with Crippen molar-refractivity contribution in [2.45, 2.75) is 6.61 Å². The van der Waals surface area contributed by atoms with E-state index in [2.05, 4.69) is 9.97 Å². The smallest absolute Gasteiger partial charge is 0.395 e. The largest absolute Gasteiger partial charge is 0.489 e. The van der Waals surface area contributed by atoms with E-state index in [4.69, 9.17) is 16.3 Å². The maximum Gasteiger partial charge on any atom is 0.395 e. The van der Waals surface area contributed by atoms with Crippen molar-refractivity contribution >= 4 is 29.4 Å². The lowest BCUT2D eigenvalue weighted by Crippen LogP contribution is -2.14. The minimum Gasteiger partial charge on any atom is -0.489 e. The summed E-state index contributed by atoms with van der Waals surface area (Å²) in [5.41, 5.74) is -0.438. The molecule has 9 heteroatoms. The van der Waals surface area contributed by atoms with Crippen LogP contribution in [0, 0.1) is 10.1 Å². The zero-order valence-electron chi connectivity index (χ0n) is 14.3. The number of halogens is 1. The molecule has 0 saturated carbocycles. The van der Waals surface area contributed by atoms with Gasteiger partial charge >= 0.3 is 11.2 Å². The van der Waals surface area contributed by atoms with Crippen LogP contribution in [0.15, 0.2) is 53.3 Å². The van der Waals surface area contributed by atoms with Gasteiger partial charge in [0.05, 0.1) is 4.92 Å². The third-order valence-electron chi connectivity index (χ3n) is 3.72. The van der Waals surface area contributed by atoms with Crippen LogP contribution in [0.5, 0.6) is 11.6 Å². The van der Waals surface area contributed by atoms with Crippen molar-refractivity contribution in [1.29, 1.82) is 0 Å². The summed E-state index contributed by atoms with van der Waals surface area (Å²) < 4.78 is 5.74. The lowest BCUT2D eigenvalue weighted by Gasteiger charge is -2.08. The van der Waals surface area contributed by atoms with E-state index in [0.29, 0.717) is 17.4 Å². The lowest BCUT2D eigenvalue weighted by molar-refractivity contribution is -0.387. The van der Waals surface area contributed by atoms with Crippen LogP contribution in [0.25, 0.3) is 12.2 Å². The topological polar surface area (TPSA) is 118 Å². The molecular weight excluding hydrogens is 386 g/mol. The van der Waals surface area contributed by atoms with Crippen LogP contribution in [0.1, 0.15) is 17.0 Å². The molecule has 2 aromatic carbocycles. The molecule has 0 fully saturated rings. The molecular formula is C19H14ClN3O5. The zero-order chi connectivity index (χ0) is 20.1. The summed E-state index contributed by atoms with van der Waals surface area (Å²) >= 11 is 6.11. The van der Waals surface area contributed by atoms with Gasteiger partial charge in [-0.15, -0.1) is 0 Å². The summed E-state index contributed by atoms with van der Waals surface area (Å²) in [6.07, 6.45) is 3.03. The van der Waals surface area contributed by atoms with Gasteiger partial charge in [-0.1, -0.05) is 48.0 Å². The third kappa shape index (κ3) is 4.54. The minimum atomic E-state index is -1.03. The number of nitro groups is 1. The minimum absolute atomic E-state index is 0.0181.